The molecule has 3 nitrogen and oxygen atoms in total. The molecule has 96 valence electrons. The van der Waals surface area contributed by atoms with Crippen LogP contribution in [0.4, 0.5) is 0 Å². The van der Waals surface area contributed by atoms with E-state index >= 15 is 0 Å². The largest absolute Gasteiger partial charge is 0.311 e. The van der Waals surface area contributed by atoms with Gasteiger partial charge >= 0.3 is 0 Å². The van der Waals surface area contributed by atoms with Crippen molar-refractivity contribution in [3.63, 3.8) is 0 Å². The monoisotopic (exact) mass is 308 g/mol. The highest BCUT2D eigenvalue weighted by atomic mass is 79.9. The van der Waals surface area contributed by atoms with Gasteiger partial charge in [0.05, 0.1) is 5.54 Å². The van der Waals surface area contributed by atoms with Gasteiger partial charge < -0.3 is 5.21 Å². The van der Waals surface area contributed by atoms with Crippen LogP contribution in [-0.2, 0) is 0 Å². The number of rotatable bonds is 1. The van der Waals surface area contributed by atoms with Gasteiger partial charge in [-0.1, -0.05) is 34.5 Å². The molecule has 3 rings (SSSR count). The Morgan fingerprint density at radius 2 is 2.06 bits per heavy atom. The predicted molar refractivity (Wildman–Crippen MR) is 74.8 cm³/mol. The van der Waals surface area contributed by atoms with E-state index in [0.717, 1.165) is 28.6 Å². The van der Waals surface area contributed by atoms with Crippen molar-refractivity contribution in [3.8, 4) is 0 Å². The maximum atomic E-state index is 10.5. The third kappa shape index (κ3) is 1.83. The Balaban J connectivity index is 1.95. The van der Waals surface area contributed by atoms with Crippen molar-refractivity contribution >= 4 is 21.6 Å². The first-order valence-electron chi connectivity index (χ1n) is 6.42. The SMILES string of the molecule is C[C@]12CCCCC1=N[C@H](c1ccc(Br)cc1)N2O. The number of benzene rings is 1. The van der Waals surface area contributed by atoms with E-state index in [1.54, 1.807) is 0 Å². The van der Waals surface area contributed by atoms with Crippen LogP contribution in [-0.4, -0.2) is 21.5 Å². The Kier molecular flexibility index (Phi) is 3.04. The first kappa shape index (κ1) is 12.3. The maximum Gasteiger partial charge on any atom is 0.151 e. The summed E-state index contributed by atoms with van der Waals surface area (Å²) in [5, 5.41) is 11.9. The van der Waals surface area contributed by atoms with Gasteiger partial charge in [0.25, 0.3) is 0 Å². The summed E-state index contributed by atoms with van der Waals surface area (Å²) >= 11 is 3.43. The van der Waals surface area contributed by atoms with Crippen LogP contribution in [0.2, 0.25) is 0 Å². The van der Waals surface area contributed by atoms with E-state index < -0.39 is 0 Å². The minimum Gasteiger partial charge on any atom is -0.311 e. The molecule has 1 saturated carbocycles. The van der Waals surface area contributed by atoms with Crippen LogP contribution in [0.5, 0.6) is 0 Å². The summed E-state index contributed by atoms with van der Waals surface area (Å²) in [6.07, 6.45) is 4.13. The molecule has 0 unspecified atom stereocenters. The molecule has 0 amide bonds. The fourth-order valence-corrected chi connectivity index (χ4v) is 3.21. The molecule has 0 aromatic heterocycles. The minimum absolute atomic E-state index is 0.240. The van der Waals surface area contributed by atoms with E-state index in [2.05, 4.69) is 22.9 Å². The van der Waals surface area contributed by atoms with Crippen LogP contribution in [0.15, 0.2) is 33.7 Å². The van der Waals surface area contributed by atoms with E-state index in [0.29, 0.717) is 0 Å². The standard InChI is InChI=1S/C14H17BrN2O/c1-14-9-3-2-4-12(14)16-13(17(14)18)10-5-7-11(15)8-6-10/h5-8,13,18H,2-4,9H2,1H3/t13-,14-/m0/s1. The van der Waals surface area contributed by atoms with Gasteiger partial charge in [-0.2, -0.15) is 5.06 Å². The molecule has 4 heteroatoms. The fourth-order valence-electron chi connectivity index (χ4n) is 2.95. The van der Waals surface area contributed by atoms with Crippen molar-refractivity contribution in [2.75, 3.05) is 0 Å². The lowest BCUT2D eigenvalue weighted by atomic mass is 9.82. The summed E-state index contributed by atoms with van der Waals surface area (Å²) in [5.74, 6) is 0. The third-order valence-electron chi connectivity index (χ3n) is 4.13. The number of fused-ring (bicyclic) bond motifs is 1. The Hall–Kier alpha value is -0.710. The zero-order valence-electron chi connectivity index (χ0n) is 10.4. The number of hydroxylamine groups is 2. The lowest BCUT2D eigenvalue weighted by Crippen LogP contribution is -2.48. The van der Waals surface area contributed by atoms with E-state index in [1.165, 1.54) is 17.9 Å². The maximum absolute atomic E-state index is 10.5. The molecule has 0 spiro atoms. The molecule has 0 radical (unpaired) electrons. The number of halogens is 1. The normalized spacial score (nSPS) is 32.2. The highest BCUT2D eigenvalue weighted by molar-refractivity contribution is 9.10. The molecule has 0 bridgehead atoms. The van der Waals surface area contributed by atoms with Crippen LogP contribution >= 0.6 is 15.9 Å². The molecule has 18 heavy (non-hydrogen) atoms. The highest BCUT2D eigenvalue weighted by Gasteiger charge is 2.47. The number of hydrogen-bond donors (Lipinski definition) is 1. The topological polar surface area (TPSA) is 35.8 Å². The molecule has 0 saturated heterocycles. The van der Waals surface area contributed by atoms with Crippen molar-refractivity contribution in [3.05, 3.63) is 34.3 Å². The van der Waals surface area contributed by atoms with Crippen LogP contribution in [0.25, 0.3) is 0 Å². The molecule has 1 N–H and O–H groups in total. The number of nitrogens with zero attached hydrogens (tertiary/aromatic N) is 2. The van der Waals surface area contributed by atoms with Gasteiger partial charge in [-0.15, -0.1) is 0 Å². The van der Waals surface area contributed by atoms with Crippen molar-refractivity contribution in [1.82, 2.24) is 5.06 Å². The average molecular weight is 309 g/mol. The Labute approximate surface area is 116 Å². The summed E-state index contributed by atoms with van der Waals surface area (Å²) in [5.41, 5.74) is 1.95. The summed E-state index contributed by atoms with van der Waals surface area (Å²) in [4.78, 5) is 4.74. The van der Waals surface area contributed by atoms with Gasteiger partial charge in [0.1, 0.15) is 0 Å². The van der Waals surface area contributed by atoms with E-state index in [1.807, 2.05) is 24.3 Å². The molecular weight excluding hydrogens is 292 g/mol. The first-order valence-corrected chi connectivity index (χ1v) is 7.21. The minimum atomic E-state index is -0.254. The highest BCUT2D eigenvalue weighted by Crippen LogP contribution is 2.42. The quantitative estimate of drug-likeness (QED) is 0.853. The predicted octanol–water partition coefficient (Wildman–Crippen LogP) is 3.93. The van der Waals surface area contributed by atoms with Gasteiger partial charge in [-0.3, -0.25) is 4.99 Å². The van der Waals surface area contributed by atoms with Crippen LogP contribution in [0.1, 0.15) is 44.3 Å². The van der Waals surface area contributed by atoms with Gasteiger partial charge in [0, 0.05) is 10.2 Å². The molecular formula is C14H17BrN2O. The van der Waals surface area contributed by atoms with Gasteiger partial charge in [0.2, 0.25) is 0 Å². The zero-order valence-corrected chi connectivity index (χ0v) is 12.0. The number of hydrogen-bond acceptors (Lipinski definition) is 3. The van der Waals surface area contributed by atoms with E-state index in [4.69, 9.17) is 4.99 Å². The van der Waals surface area contributed by atoms with Crippen molar-refractivity contribution in [2.24, 2.45) is 4.99 Å². The summed E-state index contributed by atoms with van der Waals surface area (Å²) in [6.45, 7) is 2.10. The molecule has 1 aliphatic carbocycles. The van der Waals surface area contributed by atoms with E-state index in [-0.39, 0.29) is 11.7 Å². The number of aliphatic imine (C=N–C) groups is 1. The lowest BCUT2D eigenvalue weighted by molar-refractivity contribution is -0.168. The van der Waals surface area contributed by atoms with E-state index in [9.17, 15) is 5.21 Å². The molecule has 1 heterocycles. The van der Waals surface area contributed by atoms with Crippen LogP contribution < -0.4 is 0 Å². The second kappa shape index (κ2) is 4.44. The first-order chi connectivity index (χ1) is 8.61. The van der Waals surface area contributed by atoms with Crippen LogP contribution in [0, 0.1) is 0 Å². The Morgan fingerprint density at radius 3 is 2.72 bits per heavy atom. The second-order valence-corrected chi connectivity index (χ2v) is 6.24. The molecule has 1 aliphatic heterocycles. The zero-order chi connectivity index (χ0) is 12.8. The molecule has 2 aliphatic rings. The van der Waals surface area contributed by atoms with Gasteiger partial charge in [-0.05, 0) is 43.9 Å². The fraction of sp³-hybridized carbons (Fsp3) is 0.500. The smallest absolute Gasteiger partial charge is 0.151 e. The molecule has 1 fully saturated rings. The lowest BCUT2D eigenvalue weighted by Gasteiger charge is -2.36. The van der Waals surface area contributed by atoms with Crippen molar-refractivity contribution in [2.45, 2.75) is 44.3 Å². The van der Waals surface area contributed by atoms with Crippen molar-refractivity contribution in [1.29, 1.82) is 0 Å². The Morgan fingerprint density at radius 1 is 1.33 bits per heavy atom. The van der Waals surface area contributed by atoms with Crippen molar-refractivity contribution < 1.29 is 5.21 Å². The van der Waals surface area contributed by atoms with Gasteiger partial charge in [-0.25, -0.2) is 0 Å². The summed E-state index contributed by atoms with van der Waals surface area (Å²) < 4.78 is 1.05. The summed E-state index contributed by atoms with van der Waals surface area (Å²) in [7, 11) is 0. The molecule has 1 aromatic carbocycles. The second-order valence-electron chi connectivity index (χ2n) is 5.33. The average Bonchev–Trinajstić information content (AvgIpc) is 2.64. The third-order valence-corrected chi connectivity index (χ3v) is 4.66. The van der Waals surface area contributed by atoms with Crippen LogP contribution in [0.3, 0.4) is 0 Å². The molecule has 2 atom stereocenters. The Bertz CT molecular complexity index is 485. The van der Waals surface area contributed by atoms with Gasteiger partial charge in [0.15, 0.2) is 6.17 Å². The summed E-state index contributed by atoms with van der Waals surface area (Å²) in [6, 6.07) is 8.02. The molecule has 1 aromatic rings.